The summed E-state index contributed by atoms with van der Waals surface area (Å²) in [5, 5.41) is 10.1. The molecule has 8 heteroatoms. The van der Waals surface area contributed by atoms with Crippen molar-refractivity contribution in [3.8, 4) is 0 Å². The van der Waals surface area contributed by atoms with Crippen molar-refractivity contribution >= 4 is 40.8 Å². The molecule has 1 saturated carbocycles. The van der Waals surface area contributed by atoms with Crippen LogP contribution in [0.5, 0.6) is 0 Å². The molecule has 1 aliphatic carbocycles. The van der Waals surface area contributed by atoms with E-state index >= 15 is 0 Å². The van der Waals surface area contributed by atoms with E-state index in [1.807, 2.05) is 18.2 Å². The maximum Gasteiger partial charge on any atom is 0.318 e. The summed E-state index contributed by atoms with van der Waals surface area (Å²) in [7, 11) is 0. The molecule has 1 unspecified atom stereocenters. The van der Waals surface area contributed by atoms with Gasteiger partial charge in [-0.05, 0) is 54.2 Å². The van der Waals surface area contributed by atoms with Crippen LogP contribution in [-0.2, 0) is 11.3 Å². The Morgan fingerprint density at radius 2 is 1.76 bits per heavy atom. The summed E-state index contributed by atoms with van der Waals surface area (Å²) in [6.07, 6.45) is 6.68. The van der Waals surface area contributed by atoms with Crippen LogP contribution in [0.1, 0.15) is 55.6 Å². The van der Waals surface area contributed by atoms with Crippen LogP contribution >= 0.6 is 23.2 Å². The van der Waals surface area contributed by atoms with Crippen LogP contribution in [0.4, 0.5) is 10.5 Å². The van der Waals surface area contributed by atoms with Gasteiger partial charge in [0.1, 0.15) is 0 Å². The summed E-state index contributed by atoms with van der Waals surface area (Å²) >= 11 is 12.0. The third-order valence-corrected chi connectivity index (χ3v) is 7.47. The van der Waals surface area contributed by atoms with Gasteiger partial charge in [-0.25, -0.2) is 4.79 Å². The Morgan fingerprint density at radius 1 is 1.00 bits per heavy atom. The van der Waals surface area contributed by atoms with Crippen molar-refractivity contribution in [3.05, 3.63) is 63.6 Å². The van der Waals surface area contributed by atoms with E-state index in [4.69, 9.17) is 23.2 Å². The lowest BCUT2D eigenvalue weighted by atomic mass is 9.84. The van der Waals surface area contributed by atoms with Crippen LogP contribution in [-0.4, -0.2) is 42.5 Å². The zero-order valence-electron chi connectivity index (χ0n) is 19.3. The number of benzene rings is 2. The number of urea groups is 1. The quantitative estimate of drug-likeness (QED) is 0.484. The van der Waals surface area contributed by atoms with E-state index in [9.17, 15) is 9.59 Å². The highest BCUT2D eigenvalue weighted by atomic mass is 35.5. The van der Waals surface area contributed by atoms with Gasteiger partial charge in [0.25, 0.3) is 0 Å². The number of nitrogens with zero attached hydrogens (tertiary/aromatic N) is 1. The predicted octanol–water partition coefficient (Wildman–Crippen LogP) is 5.55. The first-order chi connectivity index (χ1) is 16.5. The predicted molar refractivity (Wildman–Crippen MR) is 138 cm³/mol. The third-order valence-electron chi connectivity index (χ3n) is 6.73. The molecular weight excluding hydrogens is 471 g/mol. The summed E-state index contributed by atoms with van der Waals surface area (Å²) in [6.45, 7) is 2.16. The molecule has 1 saturated heterocycles. The Bertz CT molecular complexity index is 993. The van der Waals surface area contributed by atoms with Crippen LogP contribution in [0.15, 0.2) is 42.5 Å². The molecule has 1 atom stereocenters. The molecule has 1 heterocycles. The molecule has 1 aliphatic heterocycles. The fourth-order valence-electron chi connectivity index (χ4n) is 4.84. The Hall–Kier alpha value is -2.28. The van der Waals surface area contributed by atoms with Crippen molar-refractivity contribution in [1.82, 2.24) is 15.5 Å². The molecule has 0 bridgehead atoms. The first-order valence-corrected chi connectivity index (χ1v) is 12.8. The van der Waals surface area contributed by atoms with Crippen LogP contribution in [0.2, 0.25) is 10.0 Å². The van der Waals surface area contributed by atoms with E-state index in [-0.39, 0.29) is 24.4 Å². The fourth-order valence-corrected chi connectivity index (χ4v) is 5.16. The Labute approximate surface area is 211 Å². The summed E-state index contributed by atoms with van der Waals surface area (Å²) in [6, 6.07) is 13.1. The van der Waals surface area contributed by atoms with Gasteiger partial charge >= 0.3 is 6.03 Å². The van der Waals surface area contributed by atoms with Crippen molar-refractivity contribution in [3.63, 3.8) is 0 Å². The molecule has 6 nitrogen and oxygen atoms in total. The largest absolute Gasteiger partial charge is 0.334 e. The van der Waals surface area contributed by atoms with E-state index < -0.39 is 0 Å². The van der Waals surface area contributed by atoms with E-state index in [1.54, 1.807) is 17.0 Å². The van der Waals surface area contributed by atoms with Crippen molar-refractivity contribution in [1.29, 1.82) is 0 Å². The topological polar surface area (TPSA) is 73.5 Å². The Balaban J connectivity index is 1.29. The molecule has 0 spiro atoms. The summed E-state index contributed by atoms with van der Waals surface area (Å²) in [5.74, 6) is 0.546. The van der Waals surface area contributed by atoms with Crippen molar-refractivity contribution in [2.75, 3.05) is 25.0 Å². The smallest absolute Gasteiger partial charge is 0.318 e. The van der Waals surface area contributed by atoms with Gasteiger partial charge in [0, 0.05) is 38.3 Å². The number of hydrogen-bond acceptors (Lipinski definition) is 3. The molecule has 3 N–H and O–H groups in total. The van der Waals surface area contributed by atoms with Gasteiger partial charge in [-0.3, -0.25) is 4.79 Å². The van der Waals surface area contributed by atoms with Gasteiger partial charge in [-0.2, -0.15) is 0 Å². The van der Waals surface area contributed by atoms with Gasteiger partial charge in [-0.15, -0.1) is 0 Å². The highest BCUT2D eigenvalue weighted by molar-refractivity contribution is 6.42. The first kappa shape index (κ1) is 24.8. The molecule has 2 aromatic rings. The SMILES string of the molecule is O=C(CC1CNCCN1C(=O)NCc1ccc(Cl)c(Cl)c1)Nc1ccc(C2CCCCC2)cc1. The molecule has 4 rings (SSSR count). The number of nitrogens with one attached hydrogen (secondary N) is 3. The number of piperazine rings is 1. The number of rotatable bonds is 6. The third kappa shape index (κ3) is 6.65. The minimum absolute atomic E-state index is 0.0959. The molecular formula is C26H32Cl2N4O2. The zero-order valence-corrected chi connectivity index (χ0v) is 20.8. The number of anilines is 1. The highest BCUT2D eigenvalue weighted by Gasteiger charge is 2.28. The average Bonchev–Trinajstić information content (AvgIpc) is 2.86. The number of hydrogen-bond donors (Lipinski definition) is 3. The van der Waals surface area contributed by atoms with E-state index in [2.05, 4.69) is 28.1 Å². The molecule has 0 radical (unpaired) electrons. The molecule has 34 heavy (non-hydrogen) atoms. The molecule has 182 valence electrons. The zero-order chi connectivity index (χ0) is 23.9. The van der Waals surface area contributed by atoms with Crippen LogP contribution in [0.3, 0.4) is 0 Å². The van der Waals surface area contributed by atoms with E-state index in [0.29, 0.717) is 42.1 Å². The normalized spacial score (nSPS) is 19.0. The Kier molecular flexibility index (Phi) is 8.70. The van der Waals surface area contributed by atoms with Gasteiger partial charge < -0.3 is 20.9 Å². The van der Waals surface area contributed by atoms with Gasteiger partial charge in [-0.1, -0.05) is 60.7 Å². The number of amides is 3. The van der Waals surface area contributed by atoms with Crippen LogP contribution in [0.25, 0.3) is 0 Å². The number of halogens is 2. The molecule has 2 aromatic carbocycles. The van der Waals surface area contributed by atoms with Crippen LogP contribution in [0, 0.1) is 0 Å². The number of carbonyl (C=O) groups is 2. The standard InChI is InChI=1S/C26H32Cl2N4O2/c27-23-11-6-18(14-24(23)28)16-30-26(34)32-13-12-29-17-22(32)15-25(33)31-21-9-7-20(8-10-21)19-4-2-1-3-5-19/h6-11,14,19,22,29H,1-5,12-13,15-17H2,(H,30,34)(H,31,33). The maximum absolute atomic E-state index is 12.9. The second kappa shape index (κ2) is 11.9. The molecule has 2 fully saturated rings. The summed E-state index contributed by atoms with van der Waals surface area (Å²) in [5.41, 5.74) is 3.02. The van der Waals surface area contributed by atoms with E-state index in [0.717, 1.165) is 11.3 Å². The highest BCUT2D eigenvalue weighted by Crippen LogP contribution is 2.33. The van der Waals surface area contributed by atoms with Gasteiger partial charge in [0.2, 0.25) is 5.91 Å². The molecule has 0 aromatic heterocycles. The van der Waals surface area contributed by atoms with Gasteiger partial charge in [0.15, 0.2) is 0 Å². The average molecular weight is 503 g/mol. The van der Waals surface area contributed by atoms with Crippen molar-refractivity contribution < 1.29 is 9.59 Å². The summed E-state index contributed by atoms with van der Waals surface area (Å²) < 4.78 is 0. The fraction of sp³-hybridized carbons (Fsp3) is 0.462. The minimum Gasteiger partial charge on any atom is -0.334 e. The molecule has 3 amide bonds. The maximum atomic E-state index is 12.9. The lowest BCUT2D eigenvalue weighted by Gasteiger charge is -2.36. The minimum atomic E-state index is -0.218. The Morgan fingerprint density at radius 3 is 2.50 bits per heavy atom. The first-order valence-electron chi connectivity index (χ1n) is 12.1. The van der Waals surface area contributed by atoms with Crippen molar-refractivity contribution in [2.45, 2.75) is 57.0 Å². The second-order valence-electron chi connectivity index (χ2n) is 9.17. The van der Waals surface area contributed by atoms with Crippen LogP contribution < -0.4 is 16.0 Å². The lowest BCUT2D eigenvalue weighted by molar-refractivity contribution is -0.117. The van der Waals surface area contributed by atoms with Gasteiger partial charge in [0.05, 0.1) is 16.1 Å². The monoisotopic (exact) mass is 502 g/mol. The lowest BCUT2D eigenvalue weighted by Crippen LogP contribution is -2.57. The molecule has 2 aliphatic rings. The number of carbonyl (C=O) groups excluding carboxylic acids is 2. The van der Waals surface area contributed by atoms with E-state index in [1.165, 1.54) is 37.7 Å². The van der Waals surface area contributed by atoms with Crippen molar-refractivity contribution in [2.24, 2.45) is 0 Å². The summed E-state index contributed by atoms with van der Waals surface area (Å²) in [4.78, 5) is 27.4. The second-order valence-corrected chi connectivity index (χ2v) is 9.98.